The zero-order chi connectivity index (χ0) is 14.0. The van der Waals surface area contributed by atoms with Gasteiger partial charge < -0.3 is 5.11 Å². The summed E-state index contributed by atoms with van der Waals surface area (Å²) >= 11 is 5.70. The van der Waals surface area contributed by atoms with Crippen LogP contribution in [0.4, 0.5) is 5.69 Å². The topological polar surface area (TPSA) is 98.3 Å². The molecule has 0 atom stereocenters. The van der Waals surface area contributed by atoms with Crippen LogP contribution in [0.2, 0.25) is 5.02 Å². The molecule has 0 aliphatic rings. The highest BCUT2D eigenvalue weighted by atomic mass is 35.5. The highest BCUT2D eigenvalue weighted by molar-refractivity contribution is 6.30. The number of aromatic carboxylic acids is 1. The molecule has 0 fully saturated rings. The summed E-state index contributed by atoms with van der Waals surface area (Å²) in [5.41, 5.74) is 0.297. The molecule has 8 heteroatoms. The van der Waals surface area contributed by atoms with E-state index in [1.165, 1.54) is 35.3 Å². The van der Waals surface area contributed by atoms with Gasteiger partial charge >= 0.3 is 5.97 Å². The molecule has 1 aromatic heterocycles. The van der Waals surface area contributed by atoms with Gasteiger partial charge in [-0.1, -0.05) is 11.6 Å². The van der Waals surface area contributed by atoms with Crippen LogP contribution >= 0.6 is 11.6 Å². The lowest BCUT2D eigenvalue weighted by atomic mass is 10.2. The van der Waals surface area contributed by atoms with E-state index in [0.29, 0.717) is 5.56 Å². The summed E-state index contributed by atoms with van der Waals surface area (Å²) in [5.74, 6) is -1.10. The number of nitrogens with zero attached hydrogens (tertiary/aromatic N) is 3. The van der Waals surface area contributed by atoms with Gasteiger partial charge in [-0.25, -0.2) is 4.79 Å². The lowest BCUT2D eigenvalue weighted by molar-refractivity contribution is -0.385. The third-order valence-corrected chi connectivity index (χ3v) is 2.69. The van der Waals surface area contributed by atoms with Crippen molar-refractivity contribution in [3.63, 3.8) is 0 Å². The van der Waals surface area contributed by atoms with Crippen molar-refractivity contribution >= 4 is 23.3 Å². The molecule has 0 aliphatic carbocycles. The number of hydrogen-bond acceptors (Lipinski definition) is 4. The maximum Gasteiger partial charge on any atom is 0.338 e. The molecule has 0 aliphatic heterocycles. The minimum absolute atomic E-state index is 0.0246. The summed E-state index contributed by atoms with van der Waals surface area (Å²) < 4.78 is 1.32. The fraction of sp³-hybridized carbons (Fsp3) is 0.0909. The fourth-order valence-corrected chi connectivity index (χ4v) is 1.74. The second-order valence-electron chi connectivity index (χ2n) is 3.76. The van der Waals surface area contributed by atoms with Crippen molar-refractivity contribution in [1.29, 1.82) is 0 Å². The number of rotatable bonds is 4. The maximum atomic E-state index is 10.9. The zero-order valence-electron chi connectivity index (χ0n) is 9.49. The van der Waals surface area contributed by atoms with Crippen molar-refractivity contribution < 1.29 is 14.8 Å². The Morgan fingerprint density at radius 2 is 2.26 bits per heavy atom. The Kier molecular flexibility index (Phi) is 3.48. The highest BCUT2D eigenvalue weighted by Crippen LogP contribution is 2.23. The third kappa shape index (κ3) is 2.89. The number of carboxylic acid groups (broad SMARTS) is 1. The Hall–Kier alpha value is -2.41. The molecule has 0 spiro atoms. The molecule has 7 nitrogen and oxygen atoms in total. The lowest BCUT2D eigenvalue weighted by Gasteiger charge is -2.03. The van der Waals surface area contributed by atoms with Crippen molar-refractivity contribution in [2.45, 2.75) is 6.54 Å². The number of aromatic nitrogens is 2. The van der Waals surface area contributed by atoms with Crippen LogP contribution < -0.4 is 0 Å². The number of halogens is 1. The van der Waals surface area contributed by atoms with Gasteiger partial charge in [0.2, 0.25) is 0 Å². The summed E-state index contributed by atoms with van der Waals surface area (Å²) in [5, 5.41) is 23.8. The quantitative estimate of drug-likeness (QED) is 0.684. The van der Waals surface area contributed by atoms with Crippen molar-refractivity contribution in [3.05, 3.63) is 56.9 Å². The summed E-state index contributed by atoms with van der Waals surface area (Å²) in [6.45, 7) is 0.0980. The van der Waals surface area contributed by atoms with Crippen LogP contribution in [0.1, 0.15) is 15.9 Å². The van der Waals surface area contributed by atoms with Crippen LogP contribution in [0.3, 0.4) is 0 Å². The van der Waals surface area contributed by atoms with E-state index >= 15 is 0 Å². The second-order valence-corrected chi connectivity index (χ2v) is 4.20. The molecule has 0 bridgehead atoms. The third-order valence-electron chi connectivity index (χ3n) is 2.46. The molecule has 1 aromatic carbocycles. The Bertz CT molecular complexity index is 653. The Balaban J connectivity index is 2.32. The standard InChI is InChI=1S/C11H8ClN3O4/c12-9-2-1-7(10(3-9)15(18)19)5-14-6-8(4-13-14)11(16)17/h1-4,6H,5H2,(H,16,17). The largest absolute Gasteiger partial charge is 0.478 e. The van der Waals surface area contributed by atoms with Crippen LogP contribution in [-0.2, 0) is 6.54 Å². The normalized spacial score (nSPS) is 10.4. The van der Waals surface area contributed by atoms with Crippen LogP contribution in [-0.4, -0.2) is 25.8 Å². The van der Waals surface area contributed by atoms with Gasteiger partial charge in [0.1, 0.15) is 0 Å². The molecule has 0 saturated carbocycles. The number of nitro groups is 1. The molecule has 1 heterocycles. The van der Waals surface area contributed by atoms with E-state index in [1.807, 2.05) is 0 Å². The number of carbonyl (C=O) groups is 1. The van der Waals surface area contributed by atoms with E-state index in [-0.39, 0.29) is 22.8 Å². The molecule has 2 rings (SSSR count). The molecule has 0 unspecified atom stereocenters. The first-order chi connectivity index (χ1) is 8.97. The zero-order valence-corrected chi connectivity index (χ0v) is 10.2. The average molecular weight is 282 g/mol. The SMILES string of the molecule is O=C(O)c1cnn(Cc2ccc(Cl)cc2[N+](=O)[O-])c1. The molecule has 2 aromatic rings. The van der Waals surface area contributed by atoms with Crippen molar-refractivity contribution in [2.75, 3.05) is 0 Å². The van der Waals surface area contributed by atoms with Crippen molar-refractivity contribution in [1.82, 2.24) is 9.78 Å². The summed E-state index contributed by atoms with van der Waals surface area (Å²) in [6.07, 6.45) is 2.49. The van der Waals surface area contributed by atoms with Crippen LogP contribution in [0.5, 0.6) is 0 Å². The Morgan fingerprint density at radius 1 is 1.53 bits per heavy atom. The van der Waals surface area contributed by atoms with Crippen LogP contribution in [0, 0.1) is 10.1 Å². The lowest BCUT2D eigenvalue weighted by Crippen LogP contribution is -2.03. The fourth-order valence-electron chi connectivity index (χ4n) is 1.58. The summed E-state index contributed by atoms with van der Waals surface area (Å²) in [7, 11) is 0. The molecule has 0 radical (unpaired) electrons. The minimum Gasteiger partial charge on any atom is -0.478 e. The second kappa shape index (κ2) is 5.07. The van der Waals surface area contributed by atoms with E-state index in [9.17, 15) is 14.9 Å². The Labute approximate surface area is 112 Å². The number of nitro benzene ring substituents is 1. The van der Waals surface area contributed by atoms with Crippen LogP contribution in [0.15, 0.2) is 30.6 Å². The summed E-state index contributed by atoms with van der Waals surface area (Å²) in [6, 6.07) is 4.30. The molecule has 19 heavy (non-hydrogen) atoms. The first-order valence-electron chi connectivity index (χ1n) is 5.16. The molecule has 0 amide bonds. The van der Waals surface area contributed by atoms with E-state index in [2.05, 4.69) is 5.10 Å². The van der Waals surface area contributed by atoms with Gasteiger partial charge in [-0.05, 0) is 12.1 Å². The first kappa shape index (κ1) is 13.0. The van der Waals surface area contributed by atoms with E-state index in [4.69, 9.17) is 16.7 Å². The van der Waals surface area contributed by atoms with E-state index in [0.717, 1.165) is 0 Å². The van der Waals surface area contributed by atoms with Gasteiger partial charge in [-0.2, -0.15) is 5.10 Å². The molecular weight excluding hydrogens is 274 g/mol. The van der Waals surface area contributed by atoms with Gasteiger partial charge in [0.05, 0.1) is 28.8 Å². The smallest absolute Gasteiger partial charge is 0.338 e. The summed E-state index contributed by atoms with van der Waals surface area (Å²) in [4.78, 5) is 21.1. The average Bonchev–Trinajstić information content (AvgIpc) is 2.80. The van der Waals surface area contributed by atoms with E-state index in [1.54, 1.807) is 0 Å². The molecular formula is C11H8ClN3O4. The van der Waals surface area contributed by atoms with Gasteiger partial charge in [0, 0.05) is 17.3 Å². The number of benzene rings is 1. The monoisotopic (exact) mass is 281 g/mol. The Morgan fingerprint density at radius 3 is 2.84 bits per heavy atom. The minimum atomic E-state index is -1.10. The van der Waals surface area contributed by atoms with E-state index < -0.39 is 10.9 Å². The van der Waals surface area contributed by atoms with Gasteiger partial charge in [0.25, 0.3) is 5.69 Å². The van der Waals surface area contributed by atoms with Crippen molar-refractivity contribution in [3.8, 4) is 0 Å². The first-order valence-corrected chi connectivity index (χ1v) is 5.53. The van der Waals surface area contributed by atoms with Gasteiger partial charge in [-0.15, -0.1) is 0 Å². The van der Waals surface area contributed by atoms with Gasteiger partial charge in [-0.3, -0.25) is 14.8 Å². The maximum absolute atomic E-state index is 10.9. The number of carboxylic acids is 1. The van der Waals surface area contributed by atoms with Gasteiger partial charge in [0.15, 0.2) is 0 Å². The predicted octanol–water partition coefficient (Wildman–Crippen LogP) is 2.19. The van der Waals surface area contributed by atoms with Crippen molar-refractivity contribution in [2.24, 2.45) is 0 Å². The number of hydrogen-bond donors (Lipinski definition) is 1. The molecule has 1 N–H and O–H groups in total. The predicted molar refractivity (Wildman–Crippen MR) is 66.4 cm³/mol. The van der Waals surface area contributed by atoms with Crippen LogP contribution in [0.25, 0.3) is 0 Å². The highest BCUT2D eigenvalue weighted by Gasteiger charge is 2.15. The molecule has 98 valence electrons. The molecule has 0 saturated heterocycles.